The van der Waals surface area contributed by atoms with Crippen LogP contribution < -0.4 is 5.11 Å². The number of hydrogen-bond acceptors (Lipinski definition) is 2. The third-order valence-corrected chi connectivity index (χ3v) is 2.07. The summed E-state index contributed by atoms with van der Waals surface area (Å²) >= 11 is 0. The summed E-state index contributed by atoms with van der Waals surface area (Å²) in [5.74, 6) is -0.144. The molecule has 0 aromatic heterocycles. The topological polar surface area (TPSA) is 40.1 Å². The molecular weight excluding hydrogens is 279 g/mol. The number of carbonyl (C=O) groups is 1. The van der Waals surface area contributed by atoms with E-state index in [-0.39, 0.29) is 52.5 Å². The first-order chi connectivity index (χ1) is 6.20. The molecule has 0 aromatic carbocycles. The van der Waals surface area contributed by atoms with Gasteiger partial charge in [0.15, 0.2) is 0 Å². The first-order valence-electron chi connectivity index (χ1n) is 5.21. The van der Waals surface area contributed by atoms with Gasteiger partial charge in [-0.25, -0.2) is 0 Å². The Bertz CT molecular complexity index is 188. The van der Waals surface area contributed by atoms with Gasteiger partial charge in [0, 0.05) is 44.6 Å². The molecule has 0 spiro atoms. The SMILES string of the molecule is CC(C)CC(CC(=O)[O-])C[N+](C)(C)C.[CH3-].[Y]. The minimum absolute atomic E-state index is 0. The van der Waals surface area contributed by atoms with Gasteiger partial charge in [-0.3, -0.25) is 0 Å². The maximum atomic E-state index is 10.6. The molecule has 1 atom stereocenters. The van der Waals surface area contributed by atoms with Crippen molar-refractivity contribution >= 4 is 5.97 Å². The molecule has 0 saturated carbocycles. The second-order valence-electron chi connectivity index (χ2n) is 5.54. The van der Waals surface area contributed by atoms with Crippen molar-refractivity contribution < 1.29 is 47.1 Å². The summed E-state index contributed by atoms with van der Waals surface area (Å²) in [6.45, 7) is 5.14. The normalized spacial score (nSPS) is 12.6. The van der Waals surface area contributed by atoms with Gasteiger partial charge in [-0.1, -0.05) is 13.8 Å². The Morgan fingerprint density at radius 1 is 1.25 bits per heavy atom. The Morgan fingerprint density at radius 3 is 1.94 bits per heavy atom. The first kappa shape index (κ1) is 21.8. The molecule has 0 amide bonds. The second kappa shape index (κ2) is 9.55. The van der Waals surface area contributed by atoms with Crippen molar-refractivity contribution in [3.63, 3.8) is 0 Å². The maximum Gasteiger partial charge on any atom is 0.0812 e. The van der Waals surface area contributed by atoms with E-state index in [1.807, 2.05) is 0 Å². The molecule has 1 radical (unpaired) electrons. The number of carboxylic acid groups (broad SMARTS) is 1. The Kier molecular flexibility index (Phi) is 13.0. The molecule has 4 heteroatoms. The van der Waals surface area contributed by atoms with E-state index in [4.69, 9.17) is 0 Å². The molecule has 0 rings (SSSR count). The number of aliphatic carboxylic acids is 1. The number of carbonyl (C=O) groups excluding carboxylic acids is 1. The monoisotopic (exact) mass is 305 g/mol. The average Bonchev–Trinajstić information content (AvgIpc) is 1.77. The van der Waals surface area contributed by atoms with Crippen molar-refractivity contribution in [3.05, 3.63) is 7.43 Å². The quantitative estimate of drug-likeness (QED) is 0.541. The van der Waals surface area contributed by atoms with Crippen LogP contribution in [0.5, 0.6) is 0 Å². The number of hydrogen-bond donors (Lipinski definition) is 0. The van der Waals surface area contributed by atoms with Gasteiger partial charge < -0.3 is 21.8 Å². The van der Waals surface area contributed by atoms with Crippen molar-refractivity contribution in [2.45, 2.75) is 26.7 Å². The molecule has 0 bridgehead atoms. The number of carboxylic acids is 1. The van der Waals surface area contributed by atoms with E-state index in [2.05, 4.69) is 35.0 Å². The molecule has 0 heterocycles. The van der Waals surface area contributed by atoms with Gasteiger partial charge in [0.1, 0.15) is 0 Å². The zero-order chi connectivity index (χ0) is 11.4. The molecule has 3 nitrogen and oxygen atoms in total. The van der Waals surface area contributed by atoms with Crippen LogP contribution in [-0.4, -0.2) is 38.1 Å². The average molecular weight is 305 g/mol. The van der Waals surface area contributed by atoms with E-state index in [0.29, 0.717) is 5.92 Å². The van der Waals surface area contributed by atoms with Gasteiger partial charge in [-0.15, -0.1) is 0 Å². The van der Waals surface area contributed by atoms with Crippen LogP contribution >= 0.6 is 0 Å². The predicted octanol–water partition coefficient (Wildman–Crippen LogP) is 0.943. The molecule has 0 aliphatic rings. The predicted molar refractivity (Wildman–Crippen MR) is 61.9 cm³/mol. The molecule has 95 valence electrons. The molecule has 0 aromatic rings. The molecule has 0 N–H and O–H groups in total. The Balaban J connectivity index is -0.000000845. The zero-order valence-corrected chi connectivity index (χ0v) is 14.5. The molecule has 0 aliphatic heterocycles. The Labute approximate surface area is 126 Å². The van der Waals surface area contributed by atoms with Crippen LogP contribution in [0.3, 0.4) is 0 Å². The van der Waals surface area contributed by atoms with Gasteiger partial charge >= 0.3 is 0 Å². The molecule has 16 heavy (non-hydrogen) atoms. The summed E-state index contributed by atoms with van der Waals surface area (Å²) in [5.41, 5.74) is 0. The van der Waals surface area contributed by atoms with Crippen molar-refractivity contribution in [2.75, 3.05) is 27.7 Å². The van der Waals surface area contributed by atoms with E-state index in [1.165, 1.54) is 0 Å². The van der Waals surface area contributed by atoms with Crippen molar-refractivity contribution in [3.8, 4) is 0 Å². The number of nitrogens with zero attached hydrogens (tertiary/aromatic N) is 1. The fourth-order valence-electron chi connectivity index (χ4n) is 1.90. The molecule has 1 unspecified atom stereocenters. The van der Waals surface area contributed by atoms with Gasteiger partial charge in [0.2, 0.25) is 0 Å². The van der Waals surface area contributed by atoms with E-state index < -0.39 is 5.97 Å². The van der Waals surface area contributed by atoms with Crippen LogP contribution in [0.4, 0.5) is 0 Å². The van der Waals surface area contributed by atoms with Gasteiger partial charge in [0.25, 0.3) is 0 Å². The summed E-state index contributed by atoms with van der Waals surface area (Å²) in [7, 11) is 6.26. The number of rotatable bonds is 6. The molecule has 0 fully saturated rings. The van der Waals surface area contributed by atoms with Gasteiger partial charge in [0.05, 0.1) is 27.7 Å². The third-order valence-electron chi connectivity index (χ3n) is 2.07. The first-order valence-corrected chi connectivity index (χ1v) is 5.21. The smallest absolute Gasteiger partial charge is 0.0812 e. The van der Waals surface area contributed by atoms with Gasteiger partial charge in [-0.2, -0.15) is 0 Å². The minimum Gasteiger partial charge on any atom is -0.550 e. The van der Waals surface area contributed by atoms with Crippen molar-refractivity contribution in [2.24, 2.45) is 11.8 Å². The summed E-state index contributed by atoms with van der Waals surface area (Å²) in [6, 6.07) is 0. The summed E-state index contributed by atoms with van der Waals surface area (Å²) in [5, 5.41) is 10.6. The largest absolute Gasteiger partial charge is 0.550 e. The standard InChI is InChI=1S/C11H23NO2.CH3.Y/c1-9(2)6-10(7-11(13)14)8-12(3,4)5;;/h9-10H,6-8H2,1-5H3;1H3;/q;-1;. The molecule has 0 aliphatic carbocycles. The van der Waals surface area contributed by atoms with Crippen molar-refractivity contribution in [1.82, 2.24) is 0 Å². The van der Waals surface area contributed by atoms with Crippen LogP contribution in [0.15, 0.2) is 0 Å². The Morgan fingerprint density at radius 2 is 1.69 bits per heavy atom. The summed E-state index contributed by atoms with van der Waals surface area (Å²) < 4.78 is 0.810. The zero-order valence-electron chi connectivity index (χ0n) is 11.6. The van der Waals surface area contributed by atoms with Crippen LogP contribution in [-0.2, 0) is 37.5 Å². The fourth-order valence-corrected chi connectivity index (χ4v) is 1.90. The van der Waals surface area contributed by atoms with Crippen LogP contribution in [0.2, 0.25) is 0 Å². The number of quaternary nitrogens is 1. The van der Waals surface area contributed by atoms with Crippen LogP contribution in [0.1, 0.15) is 26.7 Å². The summed E-state index contributed by atoms with van der Waals surface area (Å²) in [6.07, 6.45) is 1.15. The summed E-state index contributed by atoms with van der Waals surface area (Å²) in [4.78, 5) is 10.6. The van der Waals surface area contributed by atoms with E-state index in [1.54, 1.807) is 0 Å². The van der Waals surface area contributed by atoms with Gasteiger partial charge in [-0.05, 0) is 18.8 Å². The van der Waals surface area contributed by atoms with E-state index in [9.17, 15) is 9.90 Å². The Hall–Kier alpha value is 0.534. The van der Waals surface area contributed by atoms with Crippen molar-refractivity contribution in [1.29, 1.82) is 0 Å². The fraction of sp³-hybridized carbons (Fsp3) is 0.833. The second-order valence-corrected chi connectivity index (χ2v) is 5.54. The minimum atomic E-state index is -0.927. The van der Waals surface area contributed by atoms with Crippen LogP contribution in [0, 0.1) is 19.3 Å². The molecular formula is C12H26NO2Y-. The molecule has 0 saturated heterocycles. The third kappa shape index (κ3) is 14.5. The van der Waals surface area contributed by atoms with E-state index in [0.717, 1.165) is 17.4 Å². The maximum absolute atomic E-state index is 10.6. The van der Waals surface area contributed by atoms with E-state index >= 15 is 0 Å². The van der Waals surface area contributed by atoms with Crippen LogP contribution in [0.25, 0.3) is 0 Å².